The van der Waals surface area contributed by atoms with Crippen LogP contribution in [0.15, 0.2) is 55.1 Å². The van der Waals surface area contributed by atoms with Crippen molar-refractivity contribution in [2.75, 3.05) is 5.32 Å². The van der Waals surface area contributed by atoms with Crippen molar-refractivity contribution in [3.63, 3.8) is 0 Å². The van der Waals surface area contributed by atoms with E-state index < -0.39 is 5.82 Å². The van der Waals surface area contributed by atoms with E-state index in [1.807, 2.05) is 13.0 Å². The quantitative estimate of drug-likeness (QED) is 0.595. The first kappa shape index (κ1) is 15.9. The van der Waals surface area contributed by atoms with Gasteiger partial charge in [-0.2, -0.15) is 14.6 Å². The highest BCUT2D eigenvalue weighted by Gasteiger charge is 2.08. The van der Waals surface area contributed by atoms with Crippen LogP contribution in [0.2, 0.25) is 0 Å². The molecule has 0 spiro atoms. The lowest BCUT2D eigenvalue weighted by molar-refractivity contribution is 0.440. The molecule has 3 heterocycles. The van der Waals surface area contributed by atoms with E-state index in [1.54, 1.807) is 35.0 Å². The first-order chi connectivity index (χ1) is 12.7. The molecule has 1 aromatic carbocycles. The molecule has 0 atom stereocenters. The van der Waals surface area contributed by atoms with Gasteiger partial charge in [0.15, 0.2) is 11.6 Å². The van der Waals surface area contributed by atoms with E-state index in [4.69, 9.17) is 4.74 Å². The van der Waals surface area contributed by atoms with Gasteiger partial charge in [0.25, 0.3) is 5.78 Å². The standard InChI is InChI=1S/C18H15FN6O/c1-12-7-17(25-18(24-12)22-11-23-25)21-9-13-4-5-16(15(19)8-13)26-14-3-2-6-20-10-14/h2-8,10-11,21H,9H2,1H3. The maximum Gasteiger partial charge on any atom is 0.254 e. The second-order valence-corrected chi connectivity index (χ2v) is 5.66. The molecule has 4 rings (SSSR count). The topological polar surface area (TPSA) is 77.2 Å². The van der Waals surface area contributed by atoms with Crippen molar-refractivity contribution in [2.24, 2.45) is 0 Å². The fourth-order valence-corrected chi connectivity index (χ4v) is 2.52. The van der Waals surface area contributed by atoms with Gasteiger partial charge in [-0.05, 0) is 36.8 Å². The number of halogens is 1. The number of aryl methyl sites for hydroxylation is 1. The zero-order valence-electron chi connectivity index (χ0n) is 13.9. The number of benzene rings is 1. The molecule has 0 fully saturated rings. The molecular weight excluding hydrogens is 335 g/mol. The molecule has 1 N–H and O–H groups in total. The molecular formula is C18H15FN6O. The monoisotopic (exact) mass is 350 g/mol. The summed E-state index contributed by atoms with van der Waals surface area (Å²) in [6.45, 7) is 2.30. The summed E-state index contributed by atoms with van der Waals surface area (Å²) in [5.41, 5.74) is 1.59. The van der Waals surface area contributed by atoms with E-state index >= 15 is 0 Å². The zero-order chi connectivity index (χ0) is 17.9. The third-order valence-corrected chi connectivity index (χ3v) is 3.71. The van der Waals surface area contributed by atoms with Gasteiger partial charge in [-0.15, -0.1) is 0 Å². The van der Waals surface area contributed by atoms with E-state index in [2.05, 4.69) is 25.4 Å². The van der Waals surface area contributed by atoms with Crippen LogP contribution in [0.3, 0.4) is 0 Å². The first-order valence-corrected chi connectivity index (χ1v) is 7.96. The normalized spacial score (nSPS) is 10.8. The smallest absolute Gasteiger partial charge is 0.254 e. The molecule has 7 nitrogen and oxygen atoms in total. The van der Waals surface area contributed by atoms with E-state index in [1.165, 1.54) is 18.6 Å². The summed E-state index contributed by atoms with van der Waals surface area (Å²) in [7, 11) is 0. The van der Waals surface area contributed by atoms with E-state index in [0.29, 0.717) is 18.1 Å². The van der Waals surface area contributed by atoms with Crippen LogP contribution < -0.4 is 10.1 Å². The van der Waals surface area contributed by atoms with Gasteiger partial charge < -0.3 is 10.1 Å². The average Bonchev–Trinajstić information content (AvgIpc) is 3.11. The molecule has 0 aliphatic rings. The Hall–Kier alpha value is -3.55. The van der Waals surface area contributed by atoms with Gasteiger partial charge in [0.1, 0.15) is 17.9 Å². The van der Waals surface area contributed by atoms with Gasteiger partial charge in [-0.1, -0.05) is 6.07 Å². The summed E-state index contributed by atoms with van der Waals surface area (Å²) in [5, 5.41) is 7.36. The minimum absolute atomic E-state index is 0.153. The summed E-state index contributed by atoms with van der Waals surface area (Å²) < 4.78 is 21.4. The molecule has 26 heavy (non-hydrogen) atoms. The molecule has 0 aliphatic heterocycles. The minimum Gasteiger partial charge on any atom is -0.453 e. The number of rotatable bonds is 5. The van der Waals surface area contributed by atoms with Crippen LogP contribution in [0, 0.1) is 12.7 Å². The SMILES string of the molecule is Cc1cc(NCc2ccc(Oc3cccnc3)c(F)c2)n2ncnc2n1. The van der Waals surface area contributed by atoms with Crippen molar-refractivity contribution < 1.29 is 9.13 Å². The lowest BCUT2D eigenvalue weighted by Gasteiger charge is -2.10. The highest BCUT2D eigenvalue weighted by molar-refractivity contribution is 5.45. The van der Waals surface area contributed by atoms with Crippen LogP contribution in [0.1, 0.15) is 11.3 Å². The molecule has 0 aliphatic carbocycles. The molecule has 0 unspecified atom stereocenters. The van der Waals surface area contributed by atoms with Crippen molar-refractivity contribution in [2.45, 2.75) is 13.5 Å². The third-order valence-electron chi connectivity index (χ3n) is 3.71. The molecule has 130 valence electrons. The fourth-order valence-electron chi connectivity index (χ4n) is 2.52. The second kappa shape index (κ2) is 6.75. The molecule has 4 aromatic rings. The summed E-state index contributed by atoms with van der Waals surface area (Å²) in [6.07, 6.45) is 4.60. The summed E-state index contributed by atoms with van der Waals surface area (Å²) >= 11 is 0. The molecule has 0 radical (unpaired) electrons. The molecule has 0 amide bonds. The maximum absolute atomic E-state index is 14.3. The van der Waals surface area contributed by atoms with Gasteiger partial charge in [0, 0.05) is 24.5 Å². The van der Waals surface area contributed by atoms with Crippen LogP contribution in [-0.2, 0) is 6.54 Å². The number of aromatic nitrogens is 5. The average molecular weight is 350 g/mol. The van der Waals surface area contributed by atoms with Crippen LogP contribution in [-0.4, -0.2) is 24.6 Å². The Morgan fingerprint density at radius 1 is 1.23 bits per heavy atom. The Bertz CT molecular complexity index is 1050. The molecule has 3 aromatic heterocycles. The Labute approximate surface area is 148 Å². The maximum atomic E-state index is 14.3. The van der Waals surface area contributed by atoms with Crippen molar-refractivity contribution in [3.05, 3.63) is 72.2 Å². The van der Waals surface area contributed by atoms with Crippen LogP contribution in [0.4, 0.5) is 10.2 Å². The van der Waals surface area contributed by atoms with Gasteiger partial charge >= 0.3 is 0 Å². The Morgan fingerprint density at radius 3 is 2.96 bits per heavy atom. The largest absolute Gasteiger partial charge is 0.453 e. The number of pyridine rings is 1. The lowest BCUT2D eigenvalue weighted by atomic mass is 10.2. The highest BCUT2D eigenvalue weighted by Crippen LogP contribution is 2.24. The van der Waals surface area contributed by atoms with Crippen LogP contribution in [0.5, 0.6) is 11.5 Å². The summed E-state index contributed by atoms with van der Waals surface area (Å²) in [6, 6.07) is 10.1. The van der Waals surface area contributed by atoms with Crippen molar-refractivity contribution >= 4 is 11.6 Å². The number of nitrogens with one attached hydrogen (secondary N) is 1. The molecule has 0 saturated heterocycles. The summed E-state index contributed by atoms with van der Waals surface area (Å²) in [4.78, 5) is 12.3. The number of anilines is 1. The third kappa shape index (κ3) is 3.30. The Morgan fingerprint density at radius 2 is 2.15 bits per heavy atom. The van der Waals surface area contributed by atoms with Gasteiger partial charge in [0.2, 0.25) is 0 Å². The number of hydrogen-bond acceptors (Lipinski definition) is 6. The van der Waals surface area contributed by atoms with Crippen molar-refractivity contribution in [1.29, 1.82) is 0 Å². The van der Waals surface area contributed by atoms with Gasteiger partial charge in [-0.25, -0.2) is 9.37 Å². The number of ether oxygens (including phenoxy) is 1. The van der Waals surface area contributed by atoms with Crippen molar-refractivity contribution in [1.82, 2.24) is 24.6 Å². The molecule has 0 bridgehead atoms. The Balaban J connectivity index is 1.50. The number of fused-ring (bicyclic) bond motifs is 1. The number of nitrogens with zero attached hydrogens (tertiary/aromatic N) is 5. The van der Waals surface area contributed by atoms with Crippen molar-refractivity contribution in [3.8, 4) is 11.5 Å². The fraction of sp³-hybridized carbons (Fsp3) is 0.111. The lowest BCUT2D eigenvalue weighted by Crippen LogP contribution is -2.07. The van der Waals surface area contributed by atoms with Gasteiger partial charge in [0.05, 0.1) is 6.20 Å². The number of hydrogen-bond donors (Lipinski definition) is 1. The Kier molecular flexibility index (Phi) is 4.14. The minimum atomic E-state index is -0.440. The van der Waals surface area contributed by atoms with Crippen LogP contribution >= 0.6 is 0 Å². The van der Waals surface area contributed by atoms with E-state index in [-0.39, 0.29) is 5.75 Å². The van der Waals surface area contributed by atoms with Gasteiger partial charge in [-0.3, -0.25) is 4.98 Å². The predicted octanol–water partition coefficient (Wildman–Crippen LogP) is 3.37. The van der Waals surface area contributed by atoms with E-state index in [9.17, 15) is 4.39 Å². The molecule has 8 heteroatoms. The molecule has 0 saturated carbocycles. The predicted molar refractivity (Wildman–Crippen MR) is 93.6 cm³/mol. The first-order valence-electron chi connectivity index (χ1n) is 7.96. The summed E-state index contributed by atoms with van der Waals surface area (Å²) in [5.74, 6) is 1.45. The highest BCUT2D eigenvalue weighted by atomic mass is 19.1. The van der Waals surface area contributed by atoms with E-state index in [0.717, 1.165) is 17.1 Å². The van der Waals surface area contributed by atoms with Crippen LogP contribution in [0.25, 0.3) is 5.78 Å². The zero-order valence-corrected chi connectivity index (χ0v) is 13.9. The second-order valence-electron chi connectivity index (χ2n) is 5.66.